The summed E-state index contributed by atoms with van der Waals surface area (Å²) in [5.74, 6) is 0. The number of rotatable bonds is 1. The van der Waals surface area contributed by atoms with Gasteiger partial charge in [-0.1, -0.05) is 30.4 Å². The van der Waals surface area contributed by atoms with Crippen LogP contribution in [-0.4, -0.2) is 24.4 Å². The number of fused-ring (bicyclic) bond motifs is 1. The Kier molecular flexibility index (Phi) is 2.33. The van der Waals surface area contributed by atoms with Crippen molar-refractivity contribution in [3.63, 3.8) is 0 Å². The molecule has 0 spiro atoms. The van der Waals surface area contributed by atoms with E-state index in [1.807, 2.05) is 18.2 Å². The third-order valence-corrected chi connectivity index (χ3v) is 3.24. The van der Waals surface area contributed by atoms with Gasteiger partial charge in [0.2, 0.25) is 0 Å². The predicted molar refractivity (Wildman–Crippen MR) is 55.9 cm³/mol. The Morgan fingerprint density at radius 3 is 3.00 bits per heavy atom. The van der Waals surface area contributed by atoms with Crippen molar-refractivity contribution >= 4 is 0 Å². The molecule has 2 rings (SSSR count). The summed E-state index contributed by atoms with van der Waals surface area (Å²) in [6.07, 6.45) is 10.6. The maximum absolute atomic E-state index is 9.48. The molecule has 0 amide bonds. The second-order valence-electron chi connectivity index (χ2n) is 4.11. The lowest BCUT2D eigenvalue weighted by atomic mass is 9.81. The molecule has 2 nitrogen and oxygen atoms in total. The molecule has 1 N–H and O–H groups in total. The van der Waals surface area contributed by atoms with Gasteiger partial charge in [-0.2, -0.15) is 0 Å². The van der Waals surface area contributed by atoms with Gasteiger partial charge in [0, 0.05) is 12.5 Å². The number of hydrogen-bond acceptors (Lipinski definition) is 2. The summed E-state index contributed by atoms with van der Waals surface area (Å²) < 4.78 is 5.46. The van der Waals surface area contributed by atoms with Crippen molar-refractivity contribution in [2.24, 2.45) is 5.41 Å². The summed E-state index contributed by atoms with van der Waals surface area (Å²) in [5.41, 5.74) is 1.18. The van der Waals surface area contributed by atoms with Gasteiger partial charge < -0.3 is 9.84 Å². The summed E-state index contributed by atoms with van der Waals surface area (Å²) in [4.78, 5) is 0. The van der Waals surface area contributed by atoms with Crippen LogP contribution in [0.1, 0.15) is 13.3 Å². The molecule has 0 aromatic heterocycles. The minimum absolute atomic E-state index is 0.0667. The average Bonchev–Trinajstić information content (AvgIpc) is 2.42. The SMILES string of the molecule is COC1CC=C2C=CC(O)C=CC21C. The first kappa shape index (κ1) is 9.69. The third-order valence-electron chi connectivity index (χ3n) is 3.24. The van der Waals surface area contributed by atoms with Crippen LogP contribution in [0.4, 0.5) is 0 Å². The van der Waals surface area contributed by atoms with Gasteiger partial charge in [-0.15, -0.1) is 0 Å². The minimum atomic E-state index is -0.462. The van der Waals surface area contributed by atoms with Crippen LogP contribution in [0.3, 0.4) is 0 Å². The van der Waals surface area contributed by atoms with E-state index in [0.29, 0.717) is 0 Å². The van der Waals surface area contributed by atoms with Crippen molar-refractivity contribution in [3.8, 4) is 0 Å². The molecule has 2 aliphatic carbocycles. The van der Waals surface area contributed by atoms with E-state index in [0.717, 1.165) is 6.42 Å². The van der Waals surface area contributed by atoms with E-state index in [9.17, 15) is 5.11 Å². The molecule has 0 fully saturated rings. The van der Waals surface area contributed by atoms with Gasteiger partial charge >= 0.3 is 0 Å². The molecule has 0 saturated heterocycles. The minimum Gasteiger partial charge on any atom is -0.385 e. The van der Waals surface area contributed by atoms with Crippen molar-refractivity contribution in [2.75, 3.05) is 7.11 Å². The standard InChI is InChI=1S/C12H16O2/c1-12-8-7-10(13)5-3-9(12)4-6-11(12)14-2/h3-5,7-8,10-11,13H,6H2,1-2H3. The first-order chi connectivity index (χ1) is 6.66. The van der Waals surface area contributed by atoms with Gasteiger partial charge in [-0.3, -0.25) is 0 Å². The van der Waals surface area contributed by atoms with E-state index >= 15 is 0 Å². The molecule has 0 bridgehead atoms. The van der Waals surface area contributed by atoms with Crippen molar-refractivity contribution in [1.29, 1.82) is 0 Å². The molecule has 0 radical (unpaired) electrons. The Balaban J connectivity index is 2.37. The zero-order valence-corrected chi connectivity index (χ0v) is 8.60. The van der Waals surface area contributed by atoms with E-state index in [2.05, 4.69) is 19.1 Å². The Labute approximate surface area is 84.6 Å². The third kappa shape index (κ3) is 1.35. The Morgan fingerprint density at radius 1 is 1.50 bits per heavy atom. The summed E-state index contributed by atoms with van der Waals surface area (Å²) in [5, 5.41) is 9.48. The van der Waals surface area contributed by atoms with Gasteiger partial charge in [-0.25, -0.2) is 0 Å². The van der Waals surface area contributed by atoms with Crippen LogP contribution < -0.4 is 0 Å². The highest BCUT2D eigenvalue weighted by Crippen LogP contribution is 2.43. The molecule has 2 aliphatic rings. The number of allylic oxidation sites excluding steroid dienone is 1. The van der Waals surface area contributed by atoms with E-state index in [-0.39, 0.29) is 11.5 Å². The van der Waals surface area contributed by atoms with Crippen LogP contribution in [0.15, 0.2) is 36.0 Å². The number of hydrogen-bond donors (Lipinski definition) is 1. The first-order valence-electron chi connectivity index (χ1n) is 4.96. The molecule has 0 heterocycles. The largest absolute Gasteiger partial charge is 0.385 e. The van der Waals surface area contributed by atoms with Gasteiger partial charge in [0.15, 0.2) is 0 Å². The highest BCUT2D eigenvalue weighted by Gasteiger charge is 2.39. The summed E-state index contributed by atoms with van der Waals surface area (Å²) >= 11 is 0. The monoisotopic (exact) mass is 192 g/mol. The van der Waals surface area contributed by atoms with Gasteiger partial charge in [-0.05, 0) is 18.9 Å². The average molecular weight is 192 g/mol. The van der Waals surface area contributed by atoms with Crippen molar-refractivity contribution < 1.29 is 9.84 Å². The van der Waals surface area contributed by atoms with Crippen molar-refractivity contribution in [2.45, 2.75) is 25.6 Å². The Bertz CT molecular complexity index is 314. The van der Waals surface area contributed by atoms with Crippen molar-refractivity contribution in [3.05, 3.63) is 36.0 Å². The predicted octanol–water partition coefficient (Wildman–Crippen LogP) is 1.82. The molecule has 0 aromatic rings. The molecule has 0 saturated carbocycles. The molecular formula is C12H16O2. The van der Waals surface area contributed by atoms with Crippen LogP contribution in [-0.2, 0) is 4.74 Å². The summed E-state index contributed by atoms with van der Waals surface area (Å²) in [7, 11) is 1.74. The van der Waals surface area contributed by atoms with Crippen LogP contribution >= 0.6 is 0 Å². The van der Waals surface area contributed by atoms with E-state index in [1.54, 1.807) is 7.11 Å². The van der Waals surface area contributed by atoms with Gasteiger partial charge in [0.25, 0.3) is 0 Å². The lowest BCUT2D eigenvalue weighted by Crippen LogP contribution is -2.28. The molecule has 0 aliphatic heterocycles. The van der Waals surface area contributed by atoms with Gasteiger partial charge in [0.1, 0.15) is 0 Å². The highest BCUT2D eigenvalue weighted by atomic mass is 16.5. The van der Waals surface area contributed by atoms with Crippen molar-refractivity contribution in [1.82, 2.24) is 0 Å². The fourth-order valence-corrected chi connectivity index (χ4v) is 2.24. The number of ether oxygens (including phenoxy) is 1. The molecule has 76 valence electrons. The lowest BCUT2D eigenvalue weighted by Gasteiger charge is -2.29. The van der Waals surface area contributed by atoms with E-state index in [1.165, 1.54) is 5.57 Å². The molecule has 14 heavy (non-hydrogen) atoms. The van der Waals surface area contributed by atoms with Crippen LogP contribution in [0.25, 0.3) is 0 Å². The first-order valence-corrected chi connectivity index (χ1v) is 4.96. The van der Waals surface area contributed by atoms with Gasteiger partial charge in [0.05, 0.1) is 12.2 Å². The number of aliphatic hydroxyl groups excluding tert-OH is 1. The highest BCUT2D eigenvalue weighted by molar-refractivity contribution is 5.40. The zero-order valence-electron chi connectivity index (χ0n) is 8.60. The van der Waals surface area contributed by atoms with E-state index < -0.39 is 6.10 Å². The number of aliphatic hydroxyl groups is 1. The molecule has 3 unspecified atom stereocenters. The van der Waals surface area contributed by atoms with E-state index in [4.69, 9.17) is 4.74 Å². The smallest absolute Gasteiger partial charge is 0.0906 e. The quantitative estimate of drug-likeness (QED) is 0.642. The fourth-order valence-electron chi connectivity index (χ4n) is 2.24. The second-order valence-corrected chi connectivity index (χ2v) is 4.11. The zero-order chi connectivity index (χ0) is 10.2. The number of methoxy groups -OCH3 is 1. The molecule has 2 heteroatoms. The molecular weight excluding hydrogens is 176 g/mol. The molecule has 0 aromatic carbocycles. The summed E-state index contributed by atoms with van der Waals surface area (Å²) in [6.45, 7) is 2.15. The van der Waals surface area contributed by atoms with Crippen LogP contribution in [0.5, 0.6) is 0 Å². The molecule has 3 atom stereocenters. The van der Waals surface area contributed by atoms with Crippen LogP contribution in [0, 0.1) is 5.41 Å². The maximum Gasteiger partial charge on any atom is 0.0906 e. The topological polar surface area (TPSA) is 29.5 Å². The fraction of sp³-hybridized carbons (Fsp3) is 0.500. The van der Waals surface area contributed by atoms with Crippen LogP contribution in [0.2, 0.25) is 0 Å². The Morgan fingerprint density at radius 2 is 2.29 bits per heavy atom. The lowest BCUT2D eigenvalue weighted by molar-refractivity contribution is 0.0534. The summed E-state index contributed by atoms with van der Waals surface area (Å²) in [6, 6.07) is 0. The normalized spacial score (nSPS) is 40.6. The second kappa shape index (κ2) is 3.37. The maximum atomic E-state index is 9.48. The Hall–Kier alpha value is -0.860.